The van der Waals surface area contributed by atoms with E-state index in [1.807, 2.05) is 40.7 Å². The molecule has 2 N–H and O–H groups in total. The maximum Gasteiger partial charge on any atom is 0.328 e. The molecule has 2 amide bonds. The fourth-order valence-corrected chi connectivity index (χ4v) is 2.90. The minimum Gasteiger partial charge on any atom is -0.450 e. The number of hydrogen-bond acceptors (Lipinski definition) is 4. The average molecular weight is 388 g/mol. The van der Waals surface area contributed by atoms with E-state index in [2.05, 4.69) is 10.4 Å². The molecule has 0 atom stereocenters. The monoisotopic (exact) mass is 388 g/mol. The number of nitrogens with zero attached hydrogens (tertiary/aromatic N) is 2. The molecule has 0 saturated heterocycles. The summed E-state index contributed by atoms with van der Waals surface area (Å²) in [7, 11) is 6.22. The molecule has 3 radical (unpaired) electrons. The van der Waals surface area contributed by atoms with Crippen LogP contribution < -0.4 is 10.9 Å². The zero-order chi connectivity index (χ0) is 21.8. The minimum absolute atomic E-state index is 0.277. The number of benzene rings is 2. The van der Waals surface area contributed by atoms with Gasteiger partial charge in [-0.1, -0.05) is 23.3 Å². The van der Waals surface area contributed by atoms with Gasteiger partial charge in [-0.25, -0.2) is 5.01 Å². The normalized spacial score (nSPS) is 11.4. The molecular formula is C21H24B2N3O3. The molecule has 0 aliphatic carbocycles. The number of aliphatic imine (C=N–C) groups is 1. The molecule has 0 spiro atoms. The van der Waals surface area contributed by atoms with Gasteiger partial charge in [0.25, 0.3) is 11.8 Å². The van der Waals surface area contributed by atoms with Crippen LogP contribution in [0.1, 0.15) is 52.6 Å². The third kappa shape index (κ3) is 5.57. The van der Waals surface area contributed by atoms with Gasteiger partial charge in [0.1, 0.15) is 7.85 Å². The van der Waals surface area contributed by atoms with Gasteiger partial charge in [-0.3, -0.25) is 20.0 Å². The topological polar surface area (TPSA) is 82.0 Å². The van der Waals surface area contributed by atoms with E-state index in [9.17, 15) is 14.6 Å². The molecule has 29 heavy (non-hydrogen) atoms. The number of aryl methyl sites for hydroxylation is 2. The highest BCUT2D eigenvalue weighted by atomic mass is 16.2. The summed E-state index contributed by atoms with van der Waals surface area (Å²) < 4.78 is 0. The van der Waals surface area contributed by atoms with Crippen molar-refractivity contribution >= 4 is 44.4 Å². The van der Waals surface area contributed by atoms with E-state index in [0.29, 0.717) is 16.7 Å². The van der Waals surface area contributed by atoms with Gasteiger partial charge in [-0.2, -0.15) is 0 Å². The summed E-state index contributed by atoms with van der Waals surface area (Å²) in [5, 5.41) is 10.6. The molecule has 0 fully saturated rings. The molecule has 0 heterocycles. The zero-order valence-corrected chi connectivity index (χ0v) is 17.4. The van der Waals surface area contributed by atoms with Crippen molar-refractivity contribution in [3.8, 4) is 0 Å². The predicted octanol–water partition coefficient (Wildman–Crippen LogP) is 1.95. The first kappa shape index (κ1) is 22.4. The van der Waals surface area contributed by atoms with E-state index >= 15 is 0 Å². The van der Waals surface area contributed by atoms with Crippen LogP contribution in [0.3, 0.4) is 0 Å². The molecule has 0 aliphatic rings. The van der Waals surface area contributed by atoms with Crippen LogP contribution in [0.15, 0.2) is 41.4 Å². The largest absolute Gasteiger partial charge is 0.450 e. The van der Waals surface area contributed by atoms with E-state index in [4.69, 9.17) is 7.85 Å². The van der Waals surface area contributed by atoms with Crippen molar-refractivity contribution < 1.29 is 14.6 Å². The van der Waals surface area contributed by atoms with Crippen molar-refractivity contribution in [3.63, 3.8) is 0 Å². The maximum atomic E-state index is 13.2. The third-order valence-corrected chi connectivity index (χ3v) is 4.20. The summed E-state index contributed by atoms with van der Waals surface area (Å²) in [6.07, 6.45) is 1.08. The minimum atomic E-state index is -0.665. The lowest BCUT2D eigenvalue weighted by atomic mass is 9.86. The lowest BCUT2D eigenvalue weighted by Crippen LogP contribution is -2.55. The Morgan fingerprint density at radius 2 is 1.72 bits per heavy atom. The molecule has 147 valence electrons. The van der Waals surface area contributed by atoms with Gasteiger partial charge in [0.15, 0.2) is 0 Å². The number of rotatable bonds is 4. The van der Waals surface area contributed by atoms with Crippen molar-refractivity contribution in [1.29, 1.82) is 0 Å². The lowest BCUT2D eigenvalue weighted by Gasteiger charge is -2.35. The van der Waals surface area contributed by atoms with Crippen LogP contribution in [0.25, 0.3) is 0 Å². The van der Waals surface area contributed by atoms with Crippen LogP contribution in [0.5, 0.6) is 0 Å². The fourth-order valence-electron chi connectivity index (χ4n) is 2.90. The maximum absolute atomic E-state index is 13.2. The first-order valence-corrected chi connectivity index (χ1v) is 9.16. The molecule has 0 unspecified atom stereocenters. The van der Waals surface area contributed by atoms with Crippen molar-refractivity contribution in [3.05, 3.63) is 58.7 Å². The van der Waals surface area contributed by atoms with E-state index in [0.717, 1.165) is 24.7 Å². The molecule has 6 nitrogen and oxygen atoms in total. The van der Waals surface area contributed by atoms with E-state index < -0.39 is 11.4 Å². The van der Waals surface area contributed by atoms with Gasteiger partial charge < -0.3 is 5.02 Å². The highest BCUT2D eigenvalue weighted by molar-refractivity contribution is 6.51. The number of amides is 2. The summed E-state index contributed by atoms with van der Waals surface area (Å²) in [6, 6.07) is 10.1. The smallest absolute Gasteiger partial charge is 0.328 e. The van der Waals surface area contributed by atoms with Gasteiger partial charge in [0.2, 0.25) is 0 Å². The zero-order valence-electron chi connectivity index (χ0n) is 17.4. The molecule has 0 aromatic heterocycles. The SMILES string of the molecule is [B]C=Nc1cc(C(=O)NN(C(=O)c2cc(C)cc(C)c2)C(C)(C)C)ccc1[B]O. The Kier molecular flexibility index (Phi) is 7.03. The molecule has 0 aliphatic heterocycles. The van der Waals surface area contributed by atoms with Crippen LogP contribution >= 0.6 is 0 Å². The van der Waals surface area contributed by atoms with E-state index in [-0.39, 0.29) is 11.5 Å². The summed E-state index contributed by atoms with van der Waals surface area (Å²) in [4.78, 5) is 30.0. The summed E-state index contributed by atoms with van der Waals surface area (Å²) in [5.74, 6) is -0.784. The molecule has 0 saturated carbocycles. The van der Waals surface area contributed by atoms with Crippen LogP contribution in [0.2, 0.25) is 0 Å². The van der Waals surface area contributed by atoms with Crippen LogP contribution in [0, 0.1) is 13.8 Å². The Hall–Kier alpha value is -2.86. The van der Waals surface area contributed by atoms with E-state index in [1.54, 1.807) is 18.2 Å². The molecule has 2 aromatic carbocycles. The number of nitrogens with one attached hydrogen (secondary N) is 1. The lowest BCUT2D eigenvalue weighted by molar-refractivity contribution is 0.0358. The van der Waals surface area contributed by atoms with Gasteiger partial charge >= 0.3 is 7.48 Å². The third-order valence-electron chi connectivity index (χ3n) is 4.20. The predicted molar refractivity (Wildman–Crippen MR) is 117 cm³/mol. The van der Waals surface area contributed by atoms with Crippen molar-refractivity contribution in [2.75, 3.05) is 0 Å². The van der Waals surface area contributed by atoms with Crippen molar-refractivity contribution in [2.24, 2.45) is 4.99 Å². The van der Waals surface area contributed by atoms with Crippen molar-refractivity contribution in [1.82, 2.24) is 10.4 Å². The van der Waals surface area contributed by atoms with Gasteiger partial charge in [-0.15, -0.1) is 0 Å². The first-order chi connectivity index (χ1) is 13.6. The molecule has 2 rings (SSSR count). The van der Waals surface area contributed by atoms with Gasteiger partial charge in [0, 0.05) is 11.1 Å². The van der Waals surface area contributed by atoms with Crippen LogP contribution in [-0.2, 0) is 0 Å². The Bertz CT molecular complexity index is 932. The first-order valence-electron chi connectivity index (χ1n) is 9.16. The molecule has 2 aromatic rings. The Labute approximate surface area is 173 Å². The molecular weight excluding hydrogens is 364 g/mol. The summed E-state index contributed by atoms with van der Waals surface area (Å²) >= 11 is 0. The fraction of sp³-hybridized carbons (Fsp3) is 0.286. The Balaban J connectivity index is 2.37. The number of hydrogen-bond donors (Lipinski definition) is 2. The highest BCUT2D eigenvalue weighted by Gasteiger charge is 2.30. The standard InChI is InChI=1S/C21H24B2N3O3/c1-13-8-14(2)10-16(9-13)20(28)26(21(3,4)5)25-19(27)15-6-7-17(23-29)18(11-15)24-12-22/h6-12,29H,1-5H3,(H,25,27). The second-order valence-corrected chi connectivity index (χ2v) is 7.81. The Morgan fingerprint density at radius 1 is 1.10 bits per heavy atom. The van der Waals surface area contributed by atoms with Crippen LogP contribution in [0.4, 0.5) is 5.69 Å². The van der Waals surface area contributed by atoms with Gasteiger partial charge in [-0.05, 0) is 70.5 Å². The Morgan fingerprint density at radius 3 is 2.24 bits per heavy atom. The second-order valence-electron chi connectivity index (χ2n) is 7.81. The van der Waals surface area contributed by atoms with Crippen LogP contribution in [-0.4, -0.2) is 48.8 Å². The number of carbonyl (C=O) groups is 2. The number of hydrazine groups is 1. The molecule has 8 heteroatoms. The summed E-state index contributed by atoms with van der Waals surface area (Å²) in [6.45, 7) is 9.34. The second kappa shape index (κ2) is 9.09. The average Bonchev–Trinajstić information content (AvgIpc) is 2.64. The summed E-state index contributed by atoms with van der Waals surface area (Å²) in [5.41, 5.74) is 5.50. The molecule has 0 bridgehead atoms. The quantitative estimate of drug-likeness (QED) is 0.478. The van der Waals surface area contributed by atoms with E-state index in [1.165, 1.54) is 17.1 Å². The van der Waals surface area contributed by atoms with Gasteiger partial charge in [0.05, 0.1) is 11.2 Å². The number of carbonyl (C=O) groups excluding carboxylic acids is 2. The van der Waals surface area contributed by atoms with Crippen molar-refractivity contribution in [2.45, 2.75) is 40.2 Å². The highest BCUT2D eigenvalue weighted by Crippen LogP contribution is 2.19.